The fourth-order valence-corrected chi connectivity index (χ4v) is 3.19. The molecule has 3 aromatic carbocycles. The van der Waals surface area contributed by atoms with Crippen LogP contribution >= 0.6 is 15.9 Å². The number of ether oxygens (including phenoxy) is 1. The molecule has 0 aromatic heterocycles. The van der Waals surface area contributed by atoms with E-state index < -0.39 is 0 Å². The van der Waals surface area contributed by atoms with Gasteiger partial charge in [-0.15, -0.1) is 0 Å². The minimum absolute atomic E-state index is 0.0891. The molecule has 0 heterocycles. The van der Waals surface area contributed by atoms with Gasteiger partial charge >= 0.3 is 0 Å². The van der Waals surface area contributed by atoms with E-state index in [-0.39, 0.29) is 12.5 Å². The van der Waals surface area contributed by atoms with Gasteiger partial charge in [0.15, 0.2) is 6.61 Å². The molecule has 3 rings (SSSR count). The van der Waals surface area contributed by atoms with E-state index in [0.29, 0.717) is 11.7 Å². The Hall–Kier alpha value is -2.66. The molecule has 4 nitrogen and oxygen atoms in total. The average molecular weight is 425 g/mol. The predicted octanol–water partition coefficient (Wildman–Crippen LogP) is 5.25. The fourth-order valence-electron chi connectivity index (χ4n) is 2.81. The number of hydrogen-bond acceptors (Lipinski definition) is 3. The quantitative estimate of drug-likeness (QED) is 0.433. The lowest BCUT2D eigenvalue weighted by molar-refractivity contribution is -0.123. The normalized spacial score (nSPS) is 11.3. The van der Waals surface area contributed by atoms with Gasteiger partial charge in [0, 0.05) is 10.0 Å². The maximum absolute atomic E-state index is 12.1. The van der Waals surface area contributed by atoms with Crippen LogP contribution in [0.1, 0.15) is 30.9 Å². The molecule has 1 amide bonds. The Labute approximate surface area is 167 Å². The second kappa shape index (κ2) is 8.82. The molecule has 1 N–H and O–H groups in total. The predicted molar refractivity (Wildman–Crippen MR) is 113 cm³/mol. The highest BCUT2D eigenvalue weighted by molar-refractivity contribution is 9.10. The van der Waals surface area contributed by atoms with Gasteiger partial charge in [-0.3, -0.25) is 4.79 Å². The lowest BCUT2D eigenvalue weighted by Crippen LogP contribution is -2.24. The molecule has 0 aliphatic heterocycles. The van der Waals surface area contributed by atoms with Gasteiger partial charge in [-0.1, -0.05) is 72.2 Å². The lowest BCUT2D eigenvalue weighted by atomic mass is 10.0. The summed E-state index contributed by atoms with van der Waals surface area (Å²) in [5.41, 5.74) is 4.52. The molecular formula is C22H21BrN2O2. The maximum atomic E-state index is 12.1. The number of fused-ring (bicyclic) bond motifs is 1. The third kappa shape index (κ3) is 4.95. The van der Waals surface area contributed by atoms with Crippen molar-refractivity contribution in [2.75, 3.05) is 6.61 Å². The van der Waals surface area contributed by atoms with Crippen LogP contribution in [0.3, 0.4) is 0 Å². The number of benzene rings is 3. The van der Waals surface area contributed by atoms with Crippen molar-refractivity contribution in [3.63, 3.8) is 0 Å². The topological polar surface area (TPSA) is 50.7 Å². The van der Waals surface area contributed by atoms with Crippen molar-refractivity contribution in [2.24, 2.45) is 5.10 Å². The average Bonchev–Trinajstić information content (AvgIpc) is 2.67. The van der Waals surface area contributed by atoms with Crippen LogP contribution in [-0.4, -0.2) is 18.7 Å². The molecule has 0 fully saturated rings. The summed E-state index contributed by atoms with van der Waals surface area (Å²) in [7, 11) is 0. The van der Waals surface area contributed by atoms with Gasteiger partial charge in [0.1, 0.15) is 5.75 Å². The van der Waals surface area contributed by atoms with E-state index in [0.717, 1.165) is 26.4 Å². The van der Waals surface area contributed by atoms with E-state index in [1.165, 1.54) is 0 Å². The van der Waals surface area contributed by atoms with Gasteiger partial charge < -0.3 is 4.74 Å². The van der Waals surface area contributed by atoms with Crippen LogP contribution in [0.25, 0.3) is 10.8 Å². The molecule has 0 unspecified atom stereocenters. The Morgan fingerprint density at radius 3 is 2.74 bits per heavy atom. The highest BCUT2D eigenvalue weighted by atomic mass is 79.9. The van der Waals surface area contributed by atoms with Crippen molar-refractivity contribution in [3.05, 3.63) is 76.3 Å². The van der Waals surface area contributed by atoms with Crippen LogP contribution in [0, 0.1) is 0 Å². The number of rotatable bonds is 6. The van der Waals surface area contributed by atoms with Crippen molar-refractivity contribution < 1.29 is 9.53 Å². The molecular weight excluding hydrogens is 404 g/mol. The minimum Gasteiger partial charge on any atom is -0.483 e. The largest absolute Gasteiger partial charge is 0.483 e. The van der Waals surface area contributed by atoms with Gasteiger partial charge in [0.05, 0.1) is 6.21 Å². The fraction of sp³-hybridized carbons (Fsp3) is 0.182. The zero-order chi connectivity index (χ0) is 19.2. The second-order valence-electron chi connectivity index (χ2n) is 6.49. The lowest BCUT2D eigenvalue weighted by Gasteiger charge is -2.13. The van der Waals surface area contributed by atoms with Gasteiger partial charge in [-0.25, -0.2) is 5.43 Å². The number of amides is 1. The van der Waals surface area contributed by atoms with E-state index in [4.69, 9.17) is 4.74 Å². The van der Waals surface area contributed by atoms with E-state index in [9.17, 15) is 4.79 Å². The van der Waals surface area contributed by atoms with E-state index in [2.05, 4.69) is 40.3 Å². The number of nitrogens with one attached hydrogen (secondary N) is 1. The number of carbonyl (C=O) groups is 1. The summed E-state index contributed by atoms with van der Waals surface area (Å²) in [6, 6.07) is 19.8. The Morgan fingerprint density at radius 2 is 1.93 bits per heavy atom. The van der Waals surface area contributed by atoms with Crippen molar-refractivity contribution in [3.8, 4) is 5.75 Å². The van der Waals surface area contributed by atoms with E-state index in [1.54, 1.807) is 6.21 Å². The Bertz CT molecular complexity index is 978. The summed E-state index contributed by atoms with van der Waals surface area (Å²) in [4.78, 5) is 12.1. The number of halogens is 1. The first-order chi connectivity index (χ1) is 13.0. The first kappa shape index (κ1) is 19.1. The first-order valence-electron chi connectivity index (χ1n) is 8.76. The summed E-state index contributed by atoms with van der Waals surface area (Å²) < 4.78 is 6.67. The molecule has 0 saturated carbocycles. The molecule has 0 aliphatic rings. The van der Waals surface area contributed by atoms with Crippen molar-refractivity contribution in [1.29, 1.82) is 0 Å². The standard InChI is InChI=1S/C22H21BrN2O2/c1-15(2)20-12-18(23)10-11-21(20)27-14-22(26)25-24-13-17-8-5-7-16-6-3-4-9-19(16)17/h3-13,15H,14H2,1-2H3,(H,25,26)/b24-13+. The van der Waals surface area contributed by atoms with Crippen LogP contribution < -0.4 is 10.2 Å². The summed E-state index contributed by atoms with van der Waals surface area (Å²) in [6.45, 7) is 4.08. The molecule has 3 aromatic rings. The molecule has 0 saturated heterocycles. The van der Waals surface area contributed by atoms with Crippen LogP contribution in [0.15, 0.2) is 70.2 Å². The van der Waals surface area contributed by atoms with Crippen LogP contribution in [0.2, 0.25) is 0 Å². The van der Waals surface area contributed by atoms with Gasteiger partial charge in [-0.05, 0) is 40.5 Å². The highest BCUT2D eigenvalue weighted by Crippen LogP contribution is 2.29. The number of nitrogens with zero attached hydrogens (tertiary/aromatic N) is 1. The van der Waals surface area contributed by atoms with Crippen molar-refractivity contribution >= 4 is 38.8 Å². The second-order valence-corrected chi connectivity index (χ2v) is 7.40. The van der Waals surface area contributed by atoms with Gasteiger partial charge in [0.25, 0.3) is 5.91 Å². The Balaban J connectivity index is 1.61. The summed E-state index contributed by atoms with van der Waals surface area (Å²) in [5, 5.41) is 6.28. The third-order valence-electron chi connectivity index (χ3n) is 4.17. The van der Waals surface area contributed by atoms with Crippen molar-refractivity contribution in [2.45, 2.75) is 19.8 Å². The number of hydrazone groups is 1. The molecule has 138 valence electrons. The van der Waals surface area contributed by atoms with Crippen LogP contribution in [0.4, 0.5) is 0 Å². The third-order valence-corrected chi connectivity index (χ3v) is 4.66. The zero-order valence-corrected chi connectivity index (χ0v) is 16.9. The SMILES string of the molecule is CC(C)c1cc(Br)ccc1OCC(=O)N/N=C/c1cccc2ccccc12. The molecule has 27 heavy (non-hydrogen) atoms. The Morgan fingerprint density at radius 1 is 1.15 bits per heavy atom. The van der Waals surface area contributed by atoms with Crippen LogP contribution in [0.5, 0.6) is 5.75 Å². The highest BCUT2D eigenvalue weighted by Gasteiger charge is 2.10. The van der Waals surface area contributed by atoms with Gasteiger partial charge in [-0.2, -0.15) is 5.10 Å². The zero-order valence-electron chi connectivity index (χ0n) is 15.3. The maximum Gasteiger partial charge on any atom is 0.277 e. The molecule has 5 heteroatoms. The Kier molecular flexibility index (Phi) is 6.24. The monoisotopic (exact) mass is 424 g/mol. The van der Waals surface area contributed by atoms with Crippen molar-refractivity contribution in [1.82, 2.24) is 5.43 Å². The smallest absolute Gasteiger partial charge is 0.277 e. The molecule has 0 bridgehead atoms. The summed E-state index contributed by atoms with van der Waals surface area (Å²) in [5.74, 6) is 0.704. The molecule has 0 radical (unpaired) electrons. The minimum atomic E-state index is -0.302. The molecule has 0 aliphatic carbocycles. The molecule has 0 spiro atoms. The number of hydrogen-bond donors (Lipinski definition) is 1. The summed E-state index contributed by atoms with van der Waals surface area (Å²) in [6.07, 6.45) is 1.65. The molecule has 0 atom stereocenters. The summed E-state index contributed by atoms with van der Waals surface area (Å²) >= 11 is 3.46. The van der Waals surface area contributed by atoms with Crippen LogP contribution in [-0.2, 0) is 4.79 Å². The van der Waals surface area contributed by atoms with Gasteiger partial charge in [0.2, 0.25) is 0 Å². The van der Waals surface area contributed by atoms with E-state index in [1.807, 2.05) is 60.7 Å². The van der Waals surface area contributed by atoms with E-state index >= 15 is 0 Å². The number of carbonyl (C=O) groups excluding carboxylic acids is 1. The first-order valence-corrected chi connectivity index (χ1v) is 9.56.